The van der Waals surface area contributed by atoms with Gasteiger partial charge in [0.15, 0.2) is 0 Å². The van der Waals surface area contributed by atoms with Crippen LogP contribution in [0.3, 0.4) is 0 Å². The first-order valence-corrected chi connectivity index (χ1v) is 6.36. The fraction of sp³-hybridized carbons (Fsp3) is 0.538. The molecule has 1 aliphatic rings. The third-order valence-corrected chi connectivity index (χ3v) is 3.31. The highest BCUT2D eigenvalue weighted by Gasteiger charge is 2.09. The van der Waals surface area contributed by atoms with E-state index in [1.807, 2.05) is 0 Å². The van der Waals surface area contributed by atoms with Crippen molar-refractivity contribution in [3.63, 3.8) is 0 Å². The maximum absolute atomic E-state index is 5.76. The highest BCUT2D eigenvalue weighted by atomic mass is 35.5. The van der Waals surface area contributed by atoms with Gasteiger partial charge in [0.05, 0.1) is 13.2 Å². The Labute approximate surface area is 102 Å². The molecule has 1 aliphatic heterocycles. The molecule has 0 aliphatic carbocycles. The van der Waals surface area contributed by atoms with Crippen molar-refractivity contribution < 1.29 is 4.74 Å². The zero-order valence-electron chi connectivity index (χ0n) is 9.49. The maximum Gasteiger partial charge on any atom is 0.0594 e. The minimum absolute atomic E-state index is 0.601. The summed E-state index contributed by atoms with van der Waals surface area (Å²) in [4.78, 5) is 2.46. The van der Waals surface area contributed by atoms with E-state index in [9.17, 15) is 0 Å². The van der Waals surface area contributed by atoms with E-state index < -0.39 is 0 Å². The van der Waals surface area contributed by atoms with Gasteiger partial charge in [-0.2, -0.15) is 0 Å². The fourth-order valence-corrected chi connectivity index (χ4v) is 2.09. The van der Waals surface area contributed by atoms with E-state index in [1.54, 1.807) is 0 Å². The first-order valence-electron chi connectivity index (χ1n) is 5.82. The monoisotopic (exact) mass is 239 g/mol. The van der Waals surface area contributed by atoms with Gasteiger partial charge in [-0.05, 0) is 17.5 Å². The number of alkyl halides is 1. The van der Waals surface area contributed by atoms with E-state index in [2.05, 4.69) is 29.2 Å². The predicted octanol–water partition coefficient (Wildman–Crippen LogP) is 2.30. The van der Waals surface area contributed by atoms with Gasteiger partial charge in [0, 0.05) is 25.5 Å². The van der Waals surface area contributed by atoms with Crippen LogP contribution in [-0.4, -0.2) is 37.7 Å². The summed E-state index contributed by atoms with van der Waals surface area (Å²) < 4.78 is 5.33. The molecule has 1 heterocycles. The van der Waals surface area contributed by atoms with Gasteiger partial charge in [0.2, 0.25) is 0 Å². The van der Waals surface area contributed by atoms with E-state index in [1.165, 1.54) is 11.1 Å². The number of halogens is 1. The summed E-state index contributed by atoms with van der Waals surface area (Å²) >= 11 is 5.76. The molecular formula is C13H18ClNO. The first kappa shape index (κ1) is 11.9. The lowest BCUT2D eigenvalue weighted by Gasteiger charge is -2.26. The molecule has 0 atom stereocenters. The second-order valence-electron chi connectivity index (χ2n) is 4.15. The smallest absolute Gasteiger partial charge is 0.0594 e. The van der Waals surface area contributed by atoms with Gasteiger partial charge in [-0.3, -0.25) is 4.90 Å². The zero-order chi connectivity index (χ0) is 11.2. The van der Waals surface area contributed by atoms with Crippen LogP contribution in [0, 0.1) is 0 Å². The van der Waals surface area contributed by atoms with Crippen molar-refractivity contribution in [2.45, 2.75) is 12.3 Å². The molecule has 88 valence electrons. The van der Waals surface area contributed by atoms with E-state index >= 15 is 0 Å². The Hall–Kier alpha value is -0.570. The number of benzene rings is 1. The molecule has 0 saturated carbocycles. The van der Waals surface area contributed by atoms with Gasteiger partial charge in [0.25, 0.3) is 0 Å². The normalized spacial score (nSPS) is 17.6. The molecule has 2 rings (SSSR count). The molecule has 1 fully saturated rings. The van der Waals surface area contributed by atoms with Gasteiger partial charge in [-0.15, -0.1) is 11.6 Å². The van der Waals surface area contributed by atoms with Crippen LogP contribution in [0.15, 0.2) is 24.3 Å². The summed E-state index contributed by atoms with van der Waals surface area (Å²) in [6.07, 6.45) is 1.11. The molecule has 0 amide bonds. The van der Waals surface area contributed by atoms with Crippen LogP contribution in [0.1, 0.15) is 11.1 Å². The summed E-state index contributed by atoms with van der Waals surface area (Å²) in [5.41, 5.74) is 2.58. The number of nitrogens with zero attached hydrogens (tertiary/aromatic N) is 1. The molecule has 1 aromatic rings. The Kier molecular flexibility index (Phi) is 4.64. The lowest BCUT2D eigenvalue weighted by atomic mass is 10.1. The number of hydrogen-bond acceptors (Lipinski definition) is 2. The highest BCUT2D eigenvalue weighted by Crippen LogP contribution is 2.08. The lowest BCUT2D eigenvalue weighted by molar-refractivity contribution is 0.0384. The minimum atomic E-state index is 0.601. The fourth-order valence-electron chi connectivity index (χ4n) is 1.91. The van der Waals surface area contributed by atoms with Crippen LogP contribution in [-0.2, 0) is 17.0 Å². The Morgan fingerprint density at radius 3 is 2.31 bits per heavy atom. The molecule has 1 saturated heterocycles. The van der Waals surface area contributed by atoms with E-state index in [0.717, 1.165) is 39.3 Å². The van der Waals surface area contributed by atoms with Crippen LogP contribution in [0.2, 0.25) is 0 Å². The summed E-state index contributed by atoms with van der Waals surface area (Å²) in [6, 6.07) is 8.58. The number of morpholine rings is 1. The van der Waals surface area contributed by atoms with Crippen molar-refractivity contribution in [1.82, 2.24) is 4.90 Å². The molecule has 0 unspecified atom stereocenters. The Morgan fingerprint density at radius 2 is 1.69 bits per heavy atom. The summed E-state index contributed by atoms with van der Waals surface area (Å²) in [5, 5.41) is 0. The van der Waals surface area contributed by atoms with Crippen molar-refractivity contribution >= 4 is 11.6 Å². The number of hydrogen-bond donors (Lipinski definition) is 0. The highest BCUT2D eigenvalue weighted by molar-refractivity contribution is 6.17. The van der Waals surface area contributed by atoms with Crippen LogP contribution < -0.4 is 0 Å². The average molecular weight is 240 g/mol. The Morgan fingerprint density at radius 1 is 1.06 bits per heavy atom. The Balaban J connectivity index is 1.79. The van der Waals surface area contributed by atoms with Gasteiger partial charge < -0.3 is 4.74 Å². The first-order chi connectivity index (χ1) is 7.88. The largest absolute Gasteiger partial charge is 0.379 e. The van der Waals surface area contributed by atoms with Gasteiger partial charge >= 0.3 is 0 Å². The zero-order valence-corrected chi connectivity index (χ0v) is 10.2. The molecule has 2 nitrogen and oxygen atoms in total. The summed E-state index contributed by atoms with van der Waals surface area (Å²) in [7, 11) is 0. The molecule has 16 heavy (non-hydrogen) atoms. The van der Waals surface area contributed by atoms with Crippen molar-refractivity contribution in [3.05, 3.63) is 35.4 Å². The SMILES string of the molecule is ClCc1ccc(CCN2CCOCC2)cc1. The van der Waals surface area contributed by atoms with E-state index in [0.29, 0.717) is 5.88 Å². The van der Waals surface area contributed by atoms with Gasteiger partial charge in [-0.1, -0.05) is 24.3 Å². The summed E-state index contributed by atoms with van der Waals surface area (Å²) in [6.45, 7) is 5.03. The standard InChI is InChI=1S/C13H18ClNO/c14-11-13-3-1-12(2-4-13)5-6-15-7-9-16-10-8-15/h1-4H,5-11H2. The van der Waals surface area contributed by atoms with Gasteiger partial charge in [-0.25, -0.2) is 0 Å². The molecule has 3 heteroatoms. The van der Waals surface area contributed by atoms with Crippen LogP contribution in [0.25, 0.3) is 0 Å². The van der Waals surface area contributed by atoms with Crippen molar-refractivity contribution in [1.29, 1.82) is 0 Å². The summed E-state index contributed by atoms with van der Waals surface area (Å²) in [5.74, 6) is 0.601. The second kappa shape index (κ2) is 6.24. The van der Waals surface area contributed by atoms with Crippen LogP contribution in [0.4, 0.5) is 0 Å². The van der Waals surface area contributed by atoms with E-state index in [-0.39, 0.29) is 0 Å². The quantitative estimate of drug-likeness (QED) is 0.748. The molecule has 0 bridgehead atoms. The third-order valence-electron chi connectivity index (χ3n) is 3.00. The predicted molar refractivity (Wildman–Crippen MR) is 67.0 cm³/mol. The maximum atomic E-state index is 5.76. The molecule has 0 aromatic heterocycles. The van der Waals surface area contributed by atoms with Gasteiger partial charge in [0.1, 0.15) is 0 Å². The minimum Gasteiger partial charge on any atom is -0.379 e. The topological polar surface area (TPSA) is 12.5 Å². The third kappa shape index (κ3) is 3.48. The Bertz CT molecular complexity index is 306. The van der Waals surface area contributed by atoms with E-state index in [4.69, 9.17) is 16.3 Å². The molecule has 0 radical (unpaired) electrons. The number of rotatable bonds is 4. The molecule has 0 N–H and O–H groups in total. The van der Waals surface area contributed by atoms with Crippen LogP contribution in [0.5, 0.6) is 0 Å². The number of ether oxygens (including phenoxy) is 1. The van der Waals surface area contributed by atoms with Crippen molar-refractivity contribution in [2.75, 3.05) is 32.8 Å². The molecule has 1 aromatic carbocycles. The molecule has 0 spiro atoms. The van der Waals surface area contributed by atoms with Crippen LogP contribution >= 0.6 is 11.6 Å². The molecular weight excluding hydrogens is 222 g/mol. The second-order valence-corrected chi connectivity index (χ2v) is 4.42. The average Bonchev–Trinajstić information content (AvgIpc) is 2.38. The van der Waals surface area contributed by atoms with Crippen molar-refractivity contribution in [2.24, 2.45) is 0 Å². The van der Waals surface area contributed by atoms with Crippen molar-refractivity contribution in [3.8, 4) is 0 Å². The lowest BCUT2D eigenvalue weighted by Crippen LogP contribution is -2.37.